The third-order valence-corrected chi connectivity index (χ3v) is 7.56. The summed E-state index contributed by atoms with van der Waals surface area (Å²) in [7, 11) is 0. The highest BCUT2D eigenvalue weighted by Gasteiger charge is 2.53. The van der Waals surface area contributed by atoms with E-state index in [1.165, 1.54) is 51.4 Å². The van der Waals surface area contributed by atoms with E-state index < -0.39 is 0 Å². The average Bonchev–Trinajstić information content (AvgIpc) is 2.80. The molecule has 19 heavy (non-hydrogen) atoms. The summed E-state index contributed by atoms with van der Waals surface area (Å²) in [5.74, 6) is 5.16. The summed E-state index contributed by atoms with van der Waals surface area (Å²) >= 11 is 0. The predicted octanol–water partition coefficient (Wildman–Crippen LogP) is 4.60. The van der Waals surface area contributed by atoms with Gasteiger partial charge in [-0.25, -0.2) is 0 Å². The summed E-state index contributed by atoms with van der Waals surface area (Å²) in [5, 5.41) is 0. The van der Waals surface area contributed by atoms with E-state index in [9.17, 15) is 4.79 Å². The first-order valence-corrected chi connectivity index (χ1v) is 8.69. The molecule has 0 radical (unpaired) electrons. The molecule has 6 atom stereocenters. The topological polar surface area (TPSA) is 17.1 Å². The van der Waals surface area contributed by atoms with Crippen molar-refractivity contribution in [2.75, 3.05) is 0 Å². The zero-order valence-corrected chi connectivity index (χ0v) is 12.4. The smallest absolute Gasteiger partial charge is 0.133 e. The molecule has 1 heteroatoms. The highest BCUT2D eigenvalue weighted by Crippen LogP contribution is 2.62. The Labute approximate surface area is 117 Å². The van der Waals surface area contributed by atoms with Crippen molar-refractivity contribution >= 4 is 5.78 Å². The van der Waals surface area contributed by atoms with Crippen LogP contribution in [0.3, 0.4) is 0 Å². The molecule has 106 valence electrons. The molecule has 0 N–H and O–H groups in total. The largest absolute Gasteiger partial charge is 0.300 e. The monoisotopic (exact) mass is 260 g/mol. The molecule has 4 aliphatic carbocycles. The first-order chi connectivity index (χ1) is 9.17. The number of fused-ring (bicyclic) bond motifs is 5. The summed E-state index contributed by atoms with van der Waals surface area (Å²) in [5.41, 5.74) is 0.673. The van der Waals surface area contributed by atoms with Gasteiger partial charge in [-0.15, -0.1) is 0 Å². The first-order valence-electron chi connectivity index (χ1n) is 8.69. The number of ketones is 1. The van der Waals surface area contributed by atoms with Gasteiger partial charge >= 0.3 is 0 Å². The van der Waals surface area contributed by atoms with E-state index in [1.54, 1.807) is 0 Å². The molecule has 0 bridgehead atoms. The average molecular weight is 260 g/mol. The number of carbonyl (C=O) groups is 1. The fraction of sp³-hybridized carbons (Fsp3) is 0.944. The summed E-state index contributed by atoms with van der Waals surface area (Å²) < 4.78 is 0. The molecule has 0 amide bonds. The molecule has 0 heterocycles. The molecule has 0 aromatic heterocycles. The minimum absolute atomic E-state index is 0.571. The van der Waals surface area contributed by atoms with E-state index in [1.807, 2.05) is 0 Å². The molecular formula is C18H28O. The Morgan fingerprint density at radius 2 is 1.84 bits per heavy atom. The second-order valence-electron chi connectivity index (χ2n) is 8.30. The van der Waals surface area contributed by atoms with Crippen molar-refractivity contribution in [3.63, 3.8) is 0 Å². The van der Waals surface area contributed by atoms with Crippen molar-refractivity contribution in [1.29, 1.82) is 0 Å². The molecule has 4 saturated carbocycles. The van der Waals surface area contributed by atoms with Gasteiger partial charge < -0.3 is 0 Å². The van der Waals surface area contributed by atoms with Gasteiger partial charge in [0.1, 0.15) is 5.78 Å². The Hall–Kier alpha value is -0.330. The molecule has 1 nitrogen and oxygen atoms in total. The SMILES string of the molecule is C[C@@]12CCC[C@H]1[C@@H]1CC[C@H]3CCC(=O)C[C@@H]3[C@H]1CC2. The number of carbonyl (C=O) groups excluding carboxylic acids is 1. The highest BCUT2D eigenvalue weighted by molar-refractivity contribution is 5.79. The van der Waals surface area contributed by atoms with E-state index in [4.69, 9.17) is 0 Å². The molecule has 4 rings (SSSR count). The molecule has 0 spiro atoms. The van der Waals surface area contributed by atoms with Crippen molar-refractivity contribution in [2.24, 2.45) is 35.0 Å². The Morgan fingerprint density at radius 1 is 0.947 bits per heavy atom. The van der Waals surface area contributed by atoms with Crippen LogP contribution in [0.25, 0.3) is 0 Å². The maximum atomic E-state index is 11.9. The normalized spacial score (nSPS) is 53.3. The molecule has 4 fully saturated rings. The van der Waals surface area contributed by atoms with E-state index in [0.717, 1.165) is 42.4 Å². The second kappa shape index (κ2) is 4.33. The van der Waals surface area contributed by atoms with Gasteiger partial charge in [0.15, 0.2) is 0 Å². The summed E-state index contributed by atoms with van der Waals surface area (Å²) in [6.45, 7) is 2.57. The molecule has 4 aliphatic rings. The van der Waals surface area contributed by atoms with Gasteiger partial charge in [0.05, 0.1) is 0 Å². The number of hydrogen-bond acceptors (Lipinski definition) is 1. The quantitative estimate of drug-likeness (QED) is 0.622. The lowest BCUT2D eigenvalue weighted by molar-refractivity contribution is -0.127. The fourth-order valence-electron chi connectivity index (χ4n) is 6.61. The maximum absolute atomic E-state index is 11.9. The number of Topliss-reactive ketones (excluding diaryl/α,β-unsaturated/α-hetero) is 1. The second-order valence-corrected chi connectivity index (χ2v) is 8.30. The van der Waals surface area contributed by atoms with Crippen LogP contribution in [0, 0.1) is 35.0 Å². The van der Waals surface area contributed by atoms with Crippen LogP contribution in [-0.2, 0) is 4.79 Å². The lowest BCUT2D eigenvalue weighted by atomic mass is 9.51. The lowest BCUT2D eigenvalue weighted by Crippen LogP contribution is -2.47. The summed E-state index contributed by atoms with van der Waals surface area (Å²) in [6, 6.07) is 0. The van der Waals surface area contributed by atoms with Gasteiger partial charge in [-0.05, 0) is 80.0 Å². The molecular weight excluding hydrogens is 232 g/mol. The summed E-state index contributed by atoms with van der Waals surface area (Å²) in [4.78, 5) is 11.9. The zero-order valence-electron chi connectivity index (χ0n) is 12.4. The van der Waals surface area contributed by atoms with Gasteiger partial charge in [0, 0.05) is 12.8 Å². The van der Waals surface area contributed by atoms with E-state index in [-0.39, 0.29) is 0 Å². The summed E-state index contributed by atoms with van der Waals surface area (Å²) in [6.07, 6.45) is 13.3. The third-order valence-electron chi connectivity index (χ3n) is 7.56. The highest BCUT2D eigenvalue weighted by atomic mass is 16.1. The predicted molar refractivity (Wildman–Crippen MR) is 76.7 cm³/mol. The minimum atomic E-state index is 0.571. The van der Waals surface area contributed by atoms with Crippen LogP contribution in [-0.4, -0.2) is 5.78 Å². The lowest BCUT2D eigenvalue weighted by Gasteiger charge is -2.54. The molecule has 0 saturated heterocycles. The van der Waals surface area contributed by atoms with Crippen LogP contribution in [0.1, 0.15) is 71.1 Å². The standard InChI is InChI=1S/C18H28O/c1-18-9-2-3-17(18)15-7-5-12-4-6-13(19)11-16(12)14(15)8-10-18/h12,14-17H,2-11H2,1H3/t12-,14+,15-,16+,17+,18+/m1/s1. The molecule has 0 aliphatic heterocycles. The molecule has 0 aromatic rings. The number of hydrogen-bond donors (Lipinski definition) is 0. The van der Waals surface area contributed by atoms with Gasteiger partial charge in [0.2, 0.25) is 0 Å². The third kappa shape index (κ3) is 1.83. The van der Waals surface area contributed by atoms with Crippen LogP contribution in [0.5, 0.6) is 0 Å². The zero-order chi connectivity index (χ0) is 13.0. The van der Waals surface area contributed by atoms with Crippen molar-refractivity contribution in [1.82, 2.24) is 0 Å². The van der Waals surface area contributed by atoms with Crippen LogP contribution in [0.4, 0.5) is 0 Å². The van der Waals surface area contributed by atoms with Crippen molar-refractivity contribution in [2.45, 2.75) is 71.1 Å². The van der Waals surface area contributed by atoms with Crippen molar-refractivity contribution in [3.8, 4) is 0 Å². The van der Waals surface area contributed by atoms with Crippen LogP contribution in [0.15, 0.2) is 0 Å². The van der Waals surface area contributed by atoms with Crippen molar-refractivity contribution in [3.05, 3.63) is 0 Å². The Morgan fingerprint density at radius 3 is 2.74 bits per heavy atom. The van der Waals surface area contributed by atoms with Gasteiger partial charge in [0.25, 0.3) is 0 Å². The van der Waals surface area contributed by atoms with Crippen LogP contribution < -0.4 is 0 Å². The van der Waals surface area contributed by atoms with E-state index >= 15 is 0 Å². The fourth-order valence-corrected chi connectivity index (χ4v) is 6.61. The van der Waals surface area contributed by atoms with Gasteiger partial charge in [-0.1, -0.05) is 13.3 Å². The Balaban J connectivity index is 1.59. The van der Waals surface area contributed by atoms with Crippen LogP contribution >= 0.6 is 0 Å². The molecule has 0 aromatic carbocycles. The minimum Gasteiger partial charge on any atom is -0.300 e. The maximum Gasteiger partial charge on any atom is 0.133 e. The first kappa shape index (κ1) is 12.4. The van der Waals surface area contributed by atoms with Crippen LogP contribution in [0.2, 0.25) is 0 Å². The van der Waals surface area contributed by atoms with E-state index in [2.05, 4.69) is 6.92 Å². The Kier molecular flexibility index (Phi) is 2.83. The van der Waals surface area contributed by atoms with Gasteiger partial charge in [-0.2, -0.15) is 0 Å². The van der Waals surface area contributed by atoms with Crippen molar-refractivity contribution < 1.29 is 4.79 Å². The van der Waals surface area contributed by atoms with E-state index in [0.29, 0.717) is 11.2 Å². The van der Waals surface area contributed by atoms with Gasteiger partial charge in [-0.3, -0.25) is 4.79 Å². The number of rotatable bonds is 0. The Bertz CT molecular complexity index is 387. The molecule has 0 unspecified atom stereocenters.